The van der Waals surface area contributed by atoms with Crippen molar-refractivity contribution in [2.75, 3.05) is 53.6 Å². The molecule has 0 amide bonds. The minimum Gasteiger partial charge on any atom is -0.379 e. The molecule has 52 heavy (non-hydrogen) atoms. The van der Waals surface area contributed by atoms with Crippen LogP contribution in [0.3, 0.4) is 0 Å². The summed E-state index contributed by atoms with van der Waals surface area (Å²) in [5.41, 5.74) is 5.83. The van der Waals surface area contributed by atoms with Crippen molar-refractivity contribution in [3.63, 3.8) is 0 Å². The smallest absolute Gasteiger partial charge is 0.130 e. The van der Waals surface area contributed by atoms with Crippen molar-refractivity contribution in [3.05, 3.63) is 0 Å². The molecule has 0 aliphatic rings. The highest BCUT2D eigenvalue weighted by Gasteiger charge is 2.22. The average Bonchev–Trinajstić information content (AvgIpc) is 3.13. The summed E-state index contributed by atoms with van der Waals surface area (Å²) in [7, 11) is 4.64. The van der Waals surface area contributed by atoms with Crippen molar-refractivity contribution in [3.8, 4) is 0 Å². The van der Waals surface area contributed by atoms with Crippen LogP contribution >= 0.6 is 0 Å². The van der Waals surface area contributed by atoms with Crippen LogP contribution in [0.15, 0.2) is 0 Å². The second-order valence-electron chi connectivity index (χ2n) is 17.6. The zero-order valence-corrected chi connectivity index (χ0v) is 36.8. The number of rotatable bonds is 46. The number of ether oxygens (including phenoxy) is 2. The minimum absolute atomic E-state index is 0.189. The highest BCUT2D eigenvalue weighted by atomic mass is 16.5. The molecule has 0 aromatic rings. The molecular weight excluding hydrogens is 637 g/mol. The first-order valence-corrected chi connectivity index (χ1v) is 24.3. The zero-order valence-electron chi connectivity index (χ0n) is 36.8. The Morgan fingerprint density at radius 1 is 0.385 bits per heavy atom. The lowest BCUT2D eigenvalue weighted by molar-refractivity contribution is -0.893. The van der Waals surface area contributed by atoms with Crippen LogP contribution in [0.5, 0.6) is 0 Å². The first-order chi connectivity index (χ1) is 25.6. The van der Waals surface area contributed by atoms with Crippen molar-refractivity contribution >= 4 is 0 Å². The summed E-state index contributed by atoms with van der Waals surface area (Å²) in [6.07, 6.45) is 52.2. The van der Waals surface area contributed by atoms with E-state index in [1.165, 1.54) is 231 Å². The minimum atomic E-state index is 0.189. The third kappa shape index (κ3) is 42.6. The second kappa shape index (κ2) is 43.6. The molecule has 0 bridgehead atoms. The van der Waals surface area contributed by atoms with Crippen LogP contribution < -0.4 is 5.73 Å². The van der Waals surface area contributed by atoms with Crippen LogP contribution in [0.25, 0.3) is 0 Å². The van der Waals surface area contributed by atoms with Gasteiger partial charge in [0, 0.05) is 19.6 Å². The summed E-state index contributed by atoms with van der Waals surface area (Å²) in [5, 5.41) is 0. The molecule has 0 aromatic carbocycles. The summed E-state index contributed by atoms with van der Waals surface area (Å²) in [6.45, 7) is 9.99. The van der Waals surface area contributed by atoms with E-state index in [2.05, 4.69) is 27.9 Å². The largest absolute Gasteiger partial charge is 0.379 e. The molecule has 0 aliphatic carbocycles. The van der Waals surface area contributed by atoms with Gasteiger partial charge in [0.05, 0.1) is 27.2 Å². The summed E-state index contributed by atoms with van der Waals surface area (Å²) < 4.78 is 13.6. The second-order valence-corrected chi connectivity index (χ2v) is 17.6. The lowest BCUT2D eigenvalue weighted by atomic mass is 10.0. The predicted molar refractivity (Wildman–Crippen MR) is 234 cm³/mol. The third-order valence-corrected chi connectivity index (χ3v) is 11.5. The van der Waals surface area contributed by atoms with E-state index in [0.29, 0.717) is 0 Å². The highest BCUT2D eigenvalue weighted by molar-refractivity contribution is 4.59. The van der Waals surface area contributed by atoms with Crippen molar-refractivity contribution in [2.45, 2.75) is 258 Å². The number of hydrogen-bond donors (Lipinski definition) is 1. The zero-order chi connectivity index (χ0) is 37.9. The Kier molecular flexibility index (Phi) is 43.4. The van der Waals surface area contributed by atoms with E-state index in [-0.39, 0.29) is 6.10 Å². The van der Waals surface area contributed by atoms with Gasteiger partial charge in [-0.05, 0) is 19.4 Å². The van der Waals surface area contributed by atoms with Crippen molar-refractivity contribution in [2.24, 2.45) is 5.73 Å². The summed E-state index contributed by atoms with van der Waals surface area (Å²) in [4.78, 5) is 0. The number of nitrogens with two attached hydrogens (primary N) is 1. The Bertz CT molecular complexity index is 642. The molecule has 0 fully saturated rings. The molecule has 314 valence electrons. The van der Waals surface area contributed by atoms with E-state index < -0.39 is 0 Å². The van der Waals surface area contributed by atoms with Crippen LogP contribution in [0.1, 0.15) is 251 Å². The topological polar surface area (TPSA) is 44.5 Å². The van der Waals surface area contributed by atoms with E-state index in [9.17, 15) is 0 Å². The van der Waals surface area contributed by atoms with E-state index in [1.54, 1.807) is 0 Å². The molecule has 0 rings (SSSR count). The lowest BCUT2D eigenvalue weighted by Gasteiger charge is -2.33. The molecule has 1 atom stereocenters. The van der Waals surface area contributed by atoms with Crippen LogP contribution in [0.4, 0.5) is 0 Å². The van der Waals surface area contributed by atoms with Gasteiger partial charge in [-0.2, -0.15) is 0 Å². The summed E-state index contributed by atoms with van der Waals surface area (Å²) >= 11 is 0. The SMILES string of the molecule is CCCCCCCCCCCCCCCCCCCCOCC(C[N+](C)(C)CCCN)OCCCCCCCCCCCCCCCCCCCC. The van der Waals surface area contributed by atoms with Gasteiger partial charge in [-0.3, -0.25) is 0 Å². The maximum Gasteiger partial charge on any atom is 0.130 e. The number of quaternary nitrogens is 1. The van der Waals surface area contributed by atoms with Crippen molar-refractivity contribution in [1.29, 1.82) is 0 Å². The number of nitrogens with zero attached hydrogens (tertiary/aromatic N) is 1. The van der Waals surface area contributed by atoms with E-state index in [1.807, 2.05) is 0 Å². The Morgan fingerprint density at radius 2 is 0.673 bits per heavy atom. The fourth-order valence-corrected chi connectivity index (χ4v) is 7.89. The third-order valence-electron chi connectivity index (χ3n) is 11.5. The normalized spacial score (nSPS) is 12.6. The number of likely N-dealkylation sites (N-methyl/N-ethyl adjacent to an activating group) is 1. The van der Waals surface area contributed by atoms with Gasteiger partial charge in [-0.15, -0.1) is 0 Å². The molecule has 0 radical (unpaired) electrons. The van der Waals surface area contributed by atoms with Gasteiger partial charge in [-0.1, -0.05) is 232 Å². The predicted octanol–water partition coefficient (Wildman–Crippen LogP) is 14.9. The average molecular weight is 738 g/mol. The maximum absolute atomic E-state index is 6.46. The molecule has 0 heterocycles. The first-order valence-electron chi connectivity index (χ1n) is 24.3. The molecule has 0 spiro atoms. The van der Waals surface area contributed by atoms with E-state index in [0.717, 1.165) is 50.4 Å². The fourth-order valence-electron chi connectivity index (χ4n) is 7.89. The Hall–Kier alpha value is -0.160. The number of unbranched alkanes of at least 4 members (excludes halogenated alkanes) is 34. The maximum atomic E-state index is 6.46. The van der Waals surface area contributed by atoms with Crippen LogP contribution in [0, 0.1) is 0 Å². The quantitative estimate of drug-likeness (QED) is 0.0500. The Labute approximate surface area is 329 Å². The molecule has 1 unspecified atom stereocenters. The van der Waals surface area contributed by atoms with Gasteiger partial charge in [0.1, 0.15) is 12.6 Å². The van der Waals surface area contributed by atoms with Gasteiger partial charge in [-0.25, -0.2) is 0 Å². The monoisotopic (exact) mass is 738 g/mol. The first kappa shape index (κ1) is 51.8. The molecule has 0 aliphatic heterocycles. The molecular formula is C48H101N2O2+. The standard InChI is InChI=1S/C48H101N2O2/c1-5-7-9-11-13-15-17-19-21-23-25-27-29-31-33-35-37-39-44-51-47-48(46-50(3,4)43-41-42-49)52-45-40-38-36-34-32-30-28-26-24-22-20-18-16-14-12-10-8-6-2/h48H,5-47,49H2,1-4H3/q+1. The van der Waals surface area contributed by atoms with E-state index >= 15 is 0 Å². The summed E-state index contributed by atoms with van der Waals surface area (Å²) in [5.74, 6) is 0. The Balaban J connectivity index is 3.75. The van der Waals surface area contributed by atoms with Crippen LogP contribution in [0.2, 0.25) is 0 Å². The number of hydrogen-bond acceptors (Lipinski definition) is 3. The fraction of sp³-hybridized carbons (Fsp3) is 1.00. The van der Waals surface area contributed by atoms with E-state index in [4.69, 9.17) is 15.2 Å². The van der Waals surface area contributed by atoms with Crippen molar-refractivity contribution < 1.29 is 14.0 Å². The van der Waals surface area contributed by atoms with Crippen LogP contribution in [-0.2, 0) is 9.47 Å². The molecule has 0 saturated heterocycles. The lowest BCUT2D eigenvalue weighted by Crippen LogP contribution is -2.48. The Morgan fingerprint density at radius 3 is 0.981 bits per heavy atom. The van der Waals surface area contributed by atoms with Crippen LogP contribution in [-0.4, -0.2) is 64.1 Å². The molecule has 4 nitrogen and oxygen atoms in total. The molecule has 0 aromatic heterocycles. The van der Waals surface area contributed by atoms with Gasteiger partial charge < -0.3 is 19.7 Å². The molecule has 2 N–H and O–H groups in total. The summed E-state index contributed by atoms with van der Waals surface area (Å²) in [6, 6.07) is 0. The van der Waals surface area contributed by atoms with Gasteiger partial charge in [0.15, 0.2) is 0 Å². The van der Waals surface area contributed by atoms with Gasteiger partial charge in [0.25, 0.3) is 0 Å². The molecule has 4 heteroatoms. The van der Waals surface area contributed by atoms with Gasteiger partial charge >= 0.3 is 0 Å². The highest BCUT2D eigenvalue weighted by Crippen LogP contribution is 2.16. The van der Waals surface area contributed by atoms with Gasteiger partial charge in [0.2, 0.25) is 0 Å². The van der Waals surface area contributed by atoms with Crippen molar-refractivity contribution in [1.82, 2.24) is 0 Å². The molecule has 0 saturated carbocycles.